The zero-order valence-electron chi connectivity index (χ0n) is 10.2. The molecule has 0 radical (unpaired) electrons. The van der Waals surface area contributed by atoms with Crippen molar-refractivity contribution in [2.24, 2.45) is 0 Å². The lowest BCUT2D eigenvalue weighted by Crippen LogP contribution is -2.05. The SMILES string of the molecule is O=C(O)c1ccccc1OCCSCc1ccco1. The molecule has 4 nitrogen and oxygen atoms in total. The Morgan fingerprint density at radius 1 is 1.26 bits per heavy atom. The second kappa shape index (κ2) is 6.89. The zero-order chi connectivity index (χ0) is 13.5. The molecule has 0 atom stereocenters. The maximum Gasteiger partial charge on any atom is 0.339 e. The fourth-order valence-corrected chi connectivity index (χ4v) is 2.26. The summed E-state index contributed by atoms with van der Waals surface area (Å²) in [6.07, 6.45) is 1.65. The van der Waals surface area contributed by atoms with E-state index in [0.29, 0.717) is 12.4 Å². The molecule has 1 heterocycles. The van der Waals surface area contributed by atoms with Gasteiger partial charge in [-0.1, -0.05) is 12.1 Å². The van der Waals surface area contributed by atoms with Crippen molar-refractivity contribution in [3.05, 3.63) is 54.0 Å². The Morgan fingerprint density at radius 3 is 2.84 bits per heavy atom. The molecule has 0 saturated carbocycles. The van der Waals surface area contributed by atoms with Gasteiger partial charge in [-0.15, -0.1) is 0 Å². The molecule has 0 spiro atoms. The number of ether oxygens (including phenoxy) is 1. The lowest BCUT2D eigenvalue weighted by molar-refractivity contribution is 0.0692. The number of hydrogen-bond donors (Lipinski definition) is 1. The van der Waals surface area contributed by atoms with E-state index >= 15 is 0 Å². The molecule has 1 aromatic heterocycles. The number of para-hydroxylation sites is 1. The van der Waals surface area contributed by atoms with Crippen LogP contribution in [0.2, 0.25) is 0 Å². The van der Waals surface area contributed by atoms with Crippen molar-refractivity contribution in [3.63, 3.8) is 0 Å². The summed E-state index contributed by atoms with van der Waals surface area (Å²) in [5, 5.41) is 9.00. The Kier molecular flexibility index (Phi) is 4.92. The second-order valence-electron chi connectivity index (χ2n) is 3.78. The average Bonchev–Trinajstić information content (AvgIpc) is 2.92. The van der Waals surface area contributed by atoms with Crippen LogP contribution in [0.4, 0.5) is 0 Å². The van der Waals surface area contributed by atoms with Gasteiger partial charge in [0.25, 0.3) is 0 Å². The molecule has 2 rings (SSSR count). The van der Waals surface area contributed by atoms with E-state index in [1.54, 1.807) is 36.2 Å². The summed E-state index contributed by atoms with van der Waals surface area (Å²) < 4.78 is 10.7. The summed E-state index contributed by atoms with van der Waals surface area (Å²) in [7, 11) is 0. The number of carbonyl (C=O) groups is 1. The van der Waals surface area contributed by atoms with Crippen molar-refractivity contribution in [3.8, 4) is 5.75 Å². The molecule has 0 unspecified atom stereocenters. The number of carboxylic acids is 1. The van der Waals surface area contributed by atoms with Crippen LogP contribution in [0.3, 0.4) is 0 Å². The highest BCUT2D eigenvalue weighted by molar-refractivity contribution is 7.98. The van der Waals surface area contributed by atoms with Crippen LogP contribution >= 0.6 is 11.8 Å². The van der Waals surface area contributed by atoms with Crippen LogP contribution in [0, 0.1) is 0 Å². The zero-order valence-corrected chi connectivity index (χ0v) is 11.1. The van der Waals surface area contributed by atoms with Gasteiger partial charge in [-0.2, -0.15) is 11.8 Å². The van der Waals surface area contributed by atoms with E-state index in [4.69, 9.17) is 14.3 Å². The highest BCUT2D eigenvalue weighted by Crippen LogP contribution is 2.18. The van der Waals surface area contributed by atoms with Crippen LogP contribution in [0.5, 0.6) is 5.75 Å². The first kappa shape index (κ1) is 13.5. The maximum absolute atomic E-state index is 11.0. The van der Waals surface area contributed by atoms with Crippen molar-refractivity contribution in [2.75, 3.05) is 12.4 Å². The summed E-state index contributed by atoms with van der Waals surface area (Å²) in [5.74, 6) is 1.93. The molecule has 0 saturated heterocycles. The minimum absolute atomic E-state index is 0.193. The summed E-state index contributed by atoms with van der Waals surface area (Å²) in [5.41, 5.74) is 0.193. The van der Waals surface area contributed by atoms with Gasteiger partial charge in [0.05, 0.1) is 18.6 Å². The highest BCUT2D eigenvalue weighted by Gasteiger charge is 2.09. The standard InChI is InChI=1S/C14H14O4S/c15-14(16)12-5-1-2-6-13(12)18-8-9-19-10-11-4-3-7-17-11/h1-7H,8-10H2,(H,15,16). The highest BCUT2D eigenvalue weighted by atomic mass is 32.2. The summed E-state index contributed by atoms with van der Waals surface area (Å²) in [6.45, 7) is 0.468. The van der Waals surface area contributed by atoms with Gasteiger partial charge in [-0.05, 0) is 24.3 Å². The van der Waals surface area contributed by atoms with Crippen LogP contribution in [-0.2, 0) is 5.75 Å². The van der Waals surface area contributed by atoms with Gasteiger partial charge in [0.1, 0.15) is 17.1 Å². The fourth-order valence-electron chi connectivity index (χ4n) is 1.55. The Hall–Kier alpha value is -1.88. The Morgan fingerprint density at radius 2 is 2.11 bits per heavy atom. The largest absolute Gasteiger partial charge is 0.492 e. The first-order valence-corrected chi connectivity index (χ1v) is 6.98. The van der Waals surface area contributed by atoms with Gasteiger partial charge < -0.3 is 14.3 Å². The summed E-state index contributed by atoms with van der Waals surface area (Å²) >= 11 is 1.68. The van der Waals surface area contributed by atoms with E-state index in [9.17, 15) is 4.79 Å². The molecule has 0 aliphatic heterocycles. The quantitative estimate of drug-likeness (QED) is 0.787. The summed E-state index contributed by atoms with van der Waals surface area (Å²) in [6, 6.07) is 10.4. The van der Waals surface area contributed by atoms with Crippen LogP contribution in [0.1, 0.15) is 16.1 Å². The van der Waals surface area contributed by atoms with Crippen molar-refractivity contribution in [2.45, 2.75) is 5.75 Å². The monoisotopic (exact) mass is 278 g/mol. The van der Waals surface area contributed by atoms with E-state index in [2.05, 4.69) is 0 Å². The van der Waals surface area contributed by atoms with E-state index in [1.165, 1.54) is 6.07 Å². The third-order valence-corrected chi connectivity index (χ3v) is 3.37. The van der Waals surface area contributed by atoms with Crippen molar-refractivity contribution in [1.29, 1.82) is 0 Å². The third kappa shape index (κ3) is 4.06. The topological polar surface area (TPSA) is 59.7 Å². The lowest BCUT2D eigenvalue weighted by atomic mass is 10.2. The van der Waals surface area contributed by atoms with Gasteiger partial charge in [0.15, 0.2) is 0 Å². The molecular formula is C14H14O4S. The van der Waals surface area contributed by atoms with Crippen LogP contribution < -0.4 is 4.74 Å². The Labute approximate surface area is 115 Å². The number of benzene rings is 1. The smallest absolute Gasteiger partial charge is 0.339 e. The minimum atomic E-state index is -0.973. The Bertz CT molecular complexity index is 522. The molecule has 5 heteroatoms. The number of aromatic carboxylic acids is 1. The average molecular weight is 278 g/mol. The van der Waals surface area contributed by atoms with Crippen LogP contribution in [-0.4, -0.2) is 23.4 Å². The molecule has 0 aliphatic carbocycles. The molecule has 0 fully saturated rings. The maximum atomic E-state index is 11.0. The molecule has 19 heavy (non-hydrogen) atoms. The van der Waals surface area contributed by atoms with Crippen LogP contribution in [0.25, 0.3) is 0 Å². The van der Waals surface area contributed by atoms with Crippen molar-refractivity contribution < 1.29 is 19.1 Å². The number of furan rings is 1. The molecule has 0 aliphatic rings. The second-order valence-corrected chi connectivity index (χ2v) is 4.89. The molecule has 1 N–H and O–H groups in total. The first-order valence-electron chi connectivity index (χ1n) is 5.82. The molecule has 0 amide bonds. The predicted octanol–water partition coefficient (Wildman–Crippen LogP) is 3.29. The van der Waals surface area contributed by atoms with Crippen molar-refractivity contribution >= 4 is 17.7 Å². The minimum Gasteiger partial charge on any atom is -0.492 e. The lowest BCUT2D eigenvalue weighted by Gasteiger charge is -2.08. The van der Waals surface area contributed by atoms with Crippen molar-refractivity contribution in [1.82, 2.24) is 0 Å². The number of thioether (sulfide) groups is 1. The number of hydrogen-bond acceptors (Lipinski definition) is 4. The fraction of sp³-hybridized carbons (Fsp3) is 0.214. The van der Waals surface area contributed by atoms with Crippen LogP contribution in [0.15, 0.2) is 47.1 Å². The molecular weight excluding hydrogens is 264 g/mol. The molecule has 0 bridgehead atoms. The normalized spacial score (nSPS) is 10.3. The molecule has 100 valence electrons. The van der Waals surface area contributed by atoms with Gasteiger partial charge in [0, 0.05) is 5.75 Å². The van der Waals surface area contributed by atoms with E-state index in [0.717, 1.165) is 17.3 Å². The van der Waals surface area contributed by atoms with Gasteiger partial charge in [0.2, 0.25) is 0 Å². The first-order chi connectivity index (χ1) is 9.27. The van der Waals surface area contributed by atoms with E-state index in [-0.39, 0.29) is 5.56 Å². The van der Waals surface area contributed by atoms with Gasteiger partial charge in [-0.25, -0.2) is 4.79 Å². The number of carboxylic acid groups (broad SMARTS) is 1. The van der Waals surface area contributed by atoms with E-state index in [1.807, 2.05) is 12.1 Å². The van der Waals surface area contributed by atoms with E-state index < -0.39 is 5.97 Å². The third-order valence-electron chi connectivity index (χ3n) is 2.43. The van der Waals surface area contributed by atoms with Gasteiger partial charge in [-0.3, -0.25) is 0 Å². The van der Waals surface area contributed by atoms with Gasteiger partial charge >= 0.3 is 5.97 Å². The molecule has 1 aromatic carbocycles. The summed E-state index contributed by atoms with van der Waals surface area (Å²) in [4.78, 5) is 11.0. The number of rotatable bonds is 7. The predicted molar refractivity (Wildman–Crippen MR) is 73.8 cm³/mol. The molecule has 2 aromatic rings. The Balaban J connectivity index is 1.75.